The maximum atomic E-state index is 3.45. The molecule has 3 heteroatoms. The first-order valence-electron chi connectivity index (χ1n) is 6.60. The van der Waals surface area contributed by atoms with E-state index < -0.39 is 0 Å². The number of hydrogen-bond acceptors (Lipinski definition) is 2. The first-order valence-corrected chi connectivity index (χ1v) is 6.60. The van der Waals surface area contributed by atoms with Crippen LogP contribution in [0.15, 0.2) is 42.6 Å². The summed E-state index contributed by atoms with van der Waals surface area (Å²) < 4.78 is 0. The van der Waals surface area contributed by atoms with Gasteiger partial charge in [0.15, 0.2) is 0 Å². The summed E-state index contributed by atoms with van der Waals surface area (Å²) in [6, 6.07) is 10.7. The van der Waals surface area contributed by atoms with Crippen molar-refractivity contribution in [2.75, 3.05) is 26.2 Å². The van der Waals surface area contributed by atoms with Crippen LogP contribution in [0.2, 0.25) is 0 Å². The molecule has 3 rings (SSSR count). The molecule has 0 spiro atoms. The van der Waals surface area contributed by atoms with E-state index in [1.54, 1.807) is 0 Å². The Morgan fingerprint density at radius 2 is 2.00 bits per heavy atom. The Bertz CT molecular complexity index is 502. The SMILES string of the molecule is C(=CN1CCNCC1)Cc1cc2ccccc2[nH]1. The van der Waals surface area contributed by atoms with Crippen molar-refractivity contribution >= 4 is 10.9 Å². The van der Waals surface area contributed by atoms with Gasteiger partial charge in [0.05, 0.1) is 0 Å². The molecule has 2 N–H and O–H groups in total. The Balaban J connectivity index is 1.63. The Hall–Kier alpha value is -1.74. The van der Waals surface area contributed by atoms with Gasteiger partial charge in [-0.3, -0.25) is 0 Å². The second-order valence-electron chi connectivity index (χ2n) is 4.76. The Kier molecular flexibility index (Phi) is 3.33. The molecule has 3 nitrogen and oxygen atoms in total. The fraction of sp³-hybridized carbons (Fsp3) is 0.333. The molecular formula is C15H19N3. The van der Waals surface area contributed by atoms with Gasteiger partial charge in [0, 0.05) is 43.8 Å². The van der Waals surface area contributed by atoms with Crippen molar-refractivity contribution in [3.8, 4) is 0 Å². The Morgan fingerprint density at radius 1 is 1.17 bits per heavy atom. The van der Waals surface area contributed by atoms with Crippen LogP contribution in [0, 0.1) is 0 Å². The van der Waals surface area contributed by atoms with Gasteiger partial charge in [-0.1, -0.05) is 24.3 Å². The van der Waals surface area contributed by atoms with Crippen molar-refractivity contribution in [3.63, 3.8) is 0 Å². The molecular weight excluding hydrogens is 222 g/mol. The summed E-state index contributed by atoms with van der Waals surface area (Å²) in [6.45, 7) is 4.42. The lowest BCUT2D eigenvalue weighted by Gasteiger charge is -2.25. The van der Waals surface area contributed by atoms with Gasteiger partial charge >= 0.3 is 0 Å². The van der Waals surface area contributed by atoms with Crippen LogP contribution >= 0.6 is 0 Å². The summed E-state index contributed by atoms with van der Waals surface area (Å²) in [5.41, 5.74) is 2.51. The largest absolute Gasteiger partial charge is 0.375 e. The number of benzene rings is 1. The van der Waals surface area contributed by atoms with Crippen LogP contribution in [-0.4, -0.2) is 36.1 Å². The van der Waals surface area contributed by atoms with Crippen LogP contribution < -0.4 is 5.32 Å². The number of nitrogens with one attached hydrogen (secondary N) is 2. The number of nitrogens with zero attached hydrogens (tertiary/aromatic N) is 1. The summed E-state index contributed by atoms with van der Waals surface area (Å²) in [6.07, 6.45) is 5.45. The molecule has 0 saturated carbocycles. The summed E-state index contributed by atoms with van der Waals surface area (Å²) >= 11 is 0. The minimum absolute atomic E-state index is 0.971. The highest BCUT2D eigenvalue weighted by Gasteiger charge is 2.04. The van der Waals surface area contributed by atoms with E-state index in [4.69, 9.17) is 0 Å². The third-order valence-corrected chi connectivity index (χ3v) is 3.39. The number of aromatic nitrogens is 1. The second-order valence-corrected chi connectivity index (χ2v) is 4.76. The summed E-state index contributed by atoms with van der Waals surface area (Å²) in [5.74, 6) is 0. The molecule has 1 fully saturated rings. The van der Waals surface area contributed by atoms with Gasteiger partial charge in [0.2, 0.25) is 0 Å². The van der Waals surface area contributed by atoms with Gasteiger partial charge in [-0.2, -0.15) is 0 Å². The van der Waals surface area contributed by atoms with Crippen LogP contribution in [0.1, 0.15) is 5.69 Å². The maximum Gasteiger partial charge on any atom is 0.0456 e. The number of rotatable bonds is 3. The molecule has 0 atom stereocenters. The predicted molar refractivity (Wildman–Crippen MR) is 75.6 cm³/mol. The molecule has 2 aromatic rings. The van der Waals surface area contributed by atoms with Gasteiger partial charge < -0.3 is 15.2 Å². The topological polar surface area (TPSA) is 31.1 Å². The number of allylic oxidation sites excluding steroid dienone is 1. The van der Waals surface area contributed by atoms with Gasteiger partial charge in [0.1, 0.15) is 0 Å². The fourth-order valence-electron chi connectivity index (χ4n) is 2.40. The van der Waals surface area contributed by atoms with Crippen LogP contribution in [0.3, 0.4) is 0 Å². The van der Waals surface area contributed by atoms with Crippen molar-refractivity contribution in [1.82, 2.24) is 15.2 Å². The van der Waals surface area contributed by atoms with Crippen LogP contribution in [0.5, 0.6) is 0 Å². The molecule has 2 heterocycles. The third-order valence-electron chi connectivity index (χ3n) is 3.39. The highest BCUT2D eigenvalue weighted by Crippen LogP contribution is 2.15. The Labute approximate surface area is 107 Å². The monoisotopic (exact) mass is 241 g/mol. The summed E-state index contributed by atoms with van der Waals surface area (Å²) in [7, 11) is 0. The summed E-state index contributed by atoms with van der Waals surface area (Å²) in [4.78, 5) is 5.83. The van der Waals surface area contributed by atoms with Crippen molar-refractivity contribution in [1.29, 1.82) is 0 Å². The minimum atomic E-state index is 0.971. The van der Waals surface area contributed by atoms with Crippen molar-refractivity contribution in [3.05, 3.63) is 48.3 Å². The highest BCUT2D eigenvalue weighted by atomic mass is 15.2. The third kappa shape index (κ3) is 2.57. The van der Waals surface area contributed by atoms with E-state index in [1.165, 1.54) is 16.6 Å². The minimum Gasteiger partial charge on any atom is -0.375 e. The zero-order chi connectivity index (χ0) is 12.2. The molecule has 1 saturated heterocycles. The lowest BCUT2D eigenvalue weighted by Crippen LogP contribution is -2.40. The molecule has 0 bridgehead atoms. The van der Waals surface area contributed by atoms with E-state index in [2.05, 4.69) is 57.8 Å². The van der Waals surface area contributed by atoms with Crippen molar-refractivity contribution < 1.29 is 0 Å². The molecule has 1 aromatic heterocycles. The van der Waals surface area contributed by atoms with E-state index in [0.29, 0.717) is 0 Å². The van der Waals surface area contributed by atoms with Crippen molar-refractivity contribution in [2.24, 2.45) is 0 Å². The van der Waals surface area contributed by atoms with Crippen LogP contribution in [0.4, 0.5) is 0 Å². The first kappa shape index (κ1) is 11.4. The maximum absolute atomic E-state index is 3.45. The lowest BCUT2D eigenvalue weighted by molar-refractivity contribution is 0.323. The van der Waals surface area contributed by atoms with Crippen molar-refractivity contribution in [2.45, 2.75) is 6.42 Å². The molecule has 0 unspecified atom stereocenters. The molecule has 0 radical (unpaired) electrons. The molecule has 1 aromatic carbocycles. The standard InChI is InChI=1S/C15H19N3/c1-2-6-15-13(4-1)12-14(17-15)5-3-9-18-10-7-16-8-11-18/h1-4,6,9,12,16-17H,5,7-8,10-11H2. The fourth-order valence-corrected chi connectivity index (χ4v) is 2.40. The lowest BCUT2D eigenvalue weighted by atomic mass is 10.2. The predicted octanol–water partition coefficient (Wildman–Crippen LogP) is 2.13. The van der Waals surface area contributed by atoms with Gasteiger partial charge in [-0.05, 0) is 23.7 Å². The molecule has 94 valence electrons. The zero-order valence-corrected chi connectivity index (χ0v) is 10.5. The summed E-state index contributed by atoms with van der Waals surface area (Å²) in [5, 5.41) is 4.65. The van der Waals surface area contributed by atoms with Crippen LogP contribution in [-0.2, 0) is 6.42 Å². The highest BCUT2D eigenvalue weighted by molar-refractivity contribution is 5.80. The number of hydrogen-bond donors (Lipinski definition) is 2. The smallest absolute Gasteiger partial charge is 0.0456 e. The number of para-hydroxylation sites is 1. The Morgan fingerprint density at radius 3 is 2.83 bits per heavy atom. The average molecular weight is 241 g/mol. The number of H-pyrrole nitrogens is 1. The average Bonchev–Trinajstić information content (AvgIpc) is 2.82. The number of aromatic amines is 1. The number of fused-ring (bicyclic) bond motifs is 1. The van der Waals surface area contributed by atoms with E-state index in [9.17, 15) is 0 Å². The van der Waals surface area contributed by atoms with E-state index >= 15 is 0 Å². The van der Waals surface area contributed by atoms with E-state index in [1.807, 2.05) is 0 Å². The van der Waals surface area contributed by atoms with E-state index in [0.717, 1.165) is 32.6 Å². The van der Waals surface area contributed by atoms with Crippen LogP contribution in [0.25, 0.3) is 10.9 Å². The van der Waals surface area contributed by atoms with E-state index in [-0.39, 0.29) is 0 Å². The normalized spacial score (nSPS) is 16.8. The van der Waals surface area contributed by atoms with Gasteiger partial charge in [-0.25, -0.2) is 0 Å². The first-order chi connectivity index (χ1) is 8.92. The second kappa shape index (κ2) is 5.27. The number of piperazine rings is 1. The molecule has 1 aliphatic heterocycles. The quantitative estimate of drug-likeness (QED) is 0.862. The van der Waals surface area contributed by atoms with Gasteiger partial charge in [0.25, 0.3) is 0 Å². The van der Waals surface area contributed by atoms with Gasteiger partial charge in [-0.15, -0.1) is 0 Å². The molecule has 0 aliphatic carbocycles. The zero-order valence-electron chi connectivity index (χ0n) is 10.5. The molecule has 0 amide bonds. The molecule has 18 heavy (non-hydrogen) atoms. The molecule has 1 aliphatic rings.